The maximum Gasteiger partial charge on any atom is 0.0806 e. The lowest BCUT2D eigenvalue weighted by atomic mass is 9.89. The molecule has 0 heterocycles. The molecule has 0 radical (unpaired) electrons. The van der Waals surface area contributed by atoms with E-state index in [1.807, 2.05) is 0 Å². The van der Waals surface area contributed by atoms with Gasteiger partial charge in [-0.2, -0.15) is 0 Å². The van der Waals surface area contributed by atoms with Crippen molar-refractivity contribution in [2.45, 2.75) is 0 Å². The van der Waals surface area contributed by atoms with E-state index in [2.05, 4.69) is 165 Å². The molecule has 188 valence electrons. The Labute approximate surface area is 230 Å². The van der Waals surface area contributed by atoms with Crippen LogP contribution >= 0.6 is 0 Å². The predicted octanol–water partition coefficient (Wildman–Crippen LogP) is 9.06. The van der Waals surface area contributed by atoms with Gasteiger partial charge in [-0.15, -0.1) is 0 Å². The summed E-state index contributed by atoms with van der Waals surface area (Å²) in [5.41, 5.74) is 12.4. The summed E-state index contributed by atoms with van der Waals surface area (Å²) in [5, 5.41) is 0. The van der Waals surface area contributed by atoms with Gasteiger partial charge in [-0.1, -0.05) is 121 Å². The topological polar surface area (TPSA) is 15.6 Å². The minimum atomic E-state index is 0.930. The Morgan fingerprint density at radius 1 is 0.385 bits per heavy atom. The number of rotatable bonds is 6. The van der Waals surface area contributed by atoms with Crippen molar-refractivity contribution in [2.24, 2.45) is 4.99 Å². The van der Waals surface area contributed by atoms with Crippen LogP contribution in [0, 0.1) is 0 Å². The maximum atomic E-state index is 5.41. The molecule has 0 saturated carbocycles. The molecule has 1 aliphatic carbocycles. The van der Waals surface area contributed by atoms with Crippen LogP contribution in [0.5, 0.6) is 0 Å². The van der Waals surface area contributed by atoms with Crippen LogP contribution in [0.2, 0.25) is 0 Å². The first-order chi connectivity index (χ1) is 19.2. The molecule has 0 aromatic heterocycles. The molecule has 0 bridgehead atoms. The highest BCUT2D eigenvalue weighted by Gasteiger charge is 2.33. The van der Waals surface area contributed by atoms with Gasteiger partial charge in [-0.05, 0) is 46.5 Å². The van der Waals surface area contributed by atoms with E-state index in [1.54, 1.807) is 0 Å². The summed E-state index contributed by atoms with van der Waals surface area (Å²) in [5.74, 6) is 0. The Hall–Kier alpha value is -4.95. The molecule has 0 amide bonds. The number of allylic oxidation sites excluding steroid dienone is 4. The third-order valence-electron chi connectivity index (χ3n) is 7.08. The van der Waals surface area contributed by atoms with Crippen LogP contribution in [0.25, 0.3) is 22.3 Å². The highest BCUT2D eigenvalue weighted by molar-refractivity contribution is 6.61. The van der Waals surface area contributed by atoms with Crippen molar-refractivity contribution in [2.75, 3.05) is 19.0 Å². The smallest absolute Gasteiger partial charge is 0.0806 e. The molecule has 6 rings (SSSR count). The summed E-state index contributed by atoms with van der Waals surface area (Å²) in [6.07, 6.45) is 0. The molecular formula is C37H30N2. The van der Waals surface area contributed by atoms with Crippen molar-refractivity contribution in [1.29, 1.82) is 0 Å². The largest absolute Gasteiger partial charge is 0.378 e. The van der Waals surface area contributed by atoms with Crippen molar-refractivity contribution >= 4 is 39.4 Å². The fraction of sp³-hybridized carbons (Fsp3) is 0.0541. The predicted molar refractivity (Wildman–Crippen MR) is 167 cm³/mol. The number of hydrogen-bond donors (Lipinski definition) is 0. The summed E-state index contributed by atoms with van der Waals surface area (Å²) in [6.45, 7) is 0. The van der Waals surface area contributed by atoms with E-state index in [-0.39, 0.29) is 0 Å². The van der Waals surface area contributed by atoms with Crippen LogP contribution in [0.4, 0.5) is 11.4 Å². The highest BCUT2D eigenvalue weighted by atomic mass is 15.1. The van der Waals surface area contributed by atoms with Crippen LogP contribution in [0.3, 0.4) is 0 Å². The number of hydrogen-bond acceptors (Lipinski definition) is 2. The van der Waals surface area contributed by atoms with Crippen LogP contribution in [-0.2, 0) is 0 Å². The van der Waals surface area contributed by atoms with Gasteiger partial charge < -0.3 is 4.90 Å². The van der Waals surface area contributed by atoms with Crippen molar-refractivity contribution < 1.29 is 0 Å². The van der Waals surface area contributed by atoms with Gasteiger partial charge in [0.2, 0.25) is 0 Å². The van der Waals surface area contributed by atoms with Crippen molar-refractivity contribution in [3.63, 3.8) is 0 Å². The zero-order valence-electron chi connectivity index (χ0n) is 22.3. The first-order valence-corrected chi connectivity index (χ1v) is 13.3. The molecule has 2 heteroatoms. The van der Waals surface area contributed by atoms with Gasteiger partial charge in [-0.3, -0.25) is 0 Å². The quantitative estimate of drug-likeness (QED) is 0.226. The molecule has 5 aromatic rings. The molecule has 0 fully saturated rings. The minimum Gasteiger partial charge on any atom is -0.378 e. The summed E-state index contributed by atoms with van der Waals surface area (Å²) in [7, 11) is 4.12. The minimum absolute atomic E-state index is 0.930. The molecule has 0 N–H and O–H groups in total. The molecule has 0 aliphatic heterocycles. The van der Waals surface area contributed by atoms with Crippen molar-refractivity contribution in [3.8, 4) is 0 Å². The SMILES string of the molecule is CN(C)c1ccc(N=C2C(c3ccccc3)=C(c3ccccc3)C(c3ccccc3)=C2c2ccccc2)cc1. The van der Waals surface area contributed by atoms with Crippen LogP contribution in [-0.4, -0.2) is 19.8 Å². The second-order valence-electron chi connectivity index (χ2n) is 9.84. The van der Waals surface area contributed by atoms with Gasteiger partial charge in [0.05, 0.1) is 11.4 Å². The normalized spacial score (nSPS) is 13.1. The fourth-order valence-electron chi connectivity index (χ4n) is 5.24. The molecule has 1 aliphatic rings. The highest BCUT2D eigenvalue weighted by Crippen LogP contribution is 2.50. The van der Waals surface area contributed by atoms with Gasteiger partial charge in [0.1, 0.15) is 0 Å². The van der Waals surface area contributed by atoms with Crippen LogP contribution in [0.15, 0.2) is 151 Å². The molecule has 0 unspecified atom stereocenters. The first-order valence-electron chi connectivity index (χ1n) is 13.3. The van der Waals surface area contributed by atoms with Crippen LogP contribution < -0.4 is 4.90 Å². The summed E-state index contributed by atoms with van der Waals surface area (Å²) >= 11 is 0. The van der Waals surface area contributed by atoms with Gasteiger partial charge in [-0.25, -0.2) is 4.99 Å². The summed E-state index contributed by atoms with van der Waals surface area (Å²) in [6, 6.07) is 51.3. The van der Waals surface area contributed by atoms with Gasteiger partial charge >= 0.3 is 0 Å². The molecule has 0 spiro atoms. The lowest BCUT2D eigenvalue weighted by Gasteiger charge is -2.14. The van der Waals surface area contributed by atoms with E-state index in [9.17, 15) is 0 Å². The van der Waals surface area contributed by atoms with E-state index in [0.29, 0.717) is 0 Å². The lowest BCUT2D eigenvalue weighted by Crippen LogP contribution is -2.07. The lowest BCUT2D eigenvalue weighted by molar-refractivity contribution is 1.13. The van der Waals surface area contributed by atoms with Crippen molar-refractivity contribution in [1.82, 2.24) is 0 Å². The van der Waals surface area contributed by atoms with E-state index in [0.717, 1.165) is 39.4 Å². The average molecular weight is 503 g/mol. The standard InChI is InChI=1S/C37H30N2/c1-39(2)32-25-23-31(24-26-32)38-37-35(29-19-11-5-12-20-29)33(27-15-7-3-8-16-27)34(28-17-9-4-10-18-28)36(37)30-21-13-6-14-22-30/h3-26H,1-2H3. The van der Waals surface area contributed by atoms with Crippen LogP contribution in [0.1, 0.15) is 22.3 Å². The molecule has 5 aromatic carbocycles. The zero-order chi connectivity index (χ0) is 26.6. The zero-order valence-corrected chi connectivity index (χ0v) is 22.3. The third-order valence-corrected chi connectivity index (χ3v) is 7.08. The van der Waals surface area contributed by atoms with Crippen molar-refractivity contribution in [3.05, 3.63) is 168 Å². The third kappa shape index (κ3) is 4.85. The Bertz CT molecular complexity index is 1560. The number of aliphatic imine (C=N–C) groups is 1. The summed E-state index contributed by atoms with van der Waals surface area (Å²) in [4.78, 5) is 7.52. The van der Waals surface area contributed by atoms with E-state index < -0.39 is 0 Å². The summed E-state index contributed by atoms with van der Waals surface area (Å²) < 4.78 is 0. The van der Waals surface area contributed by atoms with Gasteiger partial charge in [0, 0.05) is 42.1 Å². The van der Waals surface area contributed by atoms with Gasteiger partial charge in [0.25, 0.3) is 0 Å². The second-order valence-corrected chi connectivity index (χ2v) is 9.84. The molecule has 2 nitrogen and oxygen atoms in total. The Kier molecular flexibility index (Phi) is 6.76. The number of benzene rings is 5. The molecule has 39 heavy (non-hydrogen) atoms. The Balaban J connectivity index is 1.73. The number of anilines is 1. The van der Waals surface area contributed by atoms with E-state index in [4.69, 9.17) is 4.99 Å². The first kappa shape index (κ1) is 24.4. The number of nitrogens with zero attached hydrogens (tertiary/aromatic N) is 2. The second kappa shape index (κ2) is 10.8. The maximum absolute atomic E-state index is 5.41. The van der Waals surface area contributed by atoms with E-state index >= 15 is 0 Å². The average Bonchev–Trinajstić information content (AvgIpc) is 3.34. The van der Waals surface area contributed by atoms with Gasteiger partial charge in [0.15, 0.2) is 0 Å². The molecular weight excluding hydrogens is 472 g/mol. The molecule has 0 atom stereocenters. The molecule has 0 saturated heterocycles. The Morgan fingerprint density at radius 3 is 1.05 bits per heavy atom. The fourth-order valence-corrected chi connectivity index (χ4v) is 5.24. The van der Waals surface area contributed by atoms with E-state index in [1.165, 1.54) is 22.3 Å². The monoisotopic (exact) mass is 502 g/mol. The Morgan fingerprint density at radius 2 is 0.718 bits per heavy atom.